The molecule has 2 aromatic heterocycles. The zero-order valence-electron chi connectivity index (χ0n) is 23.8. The van der Waals surface area contributed by atoms with E-state index in [4.69, 9.17) is 0 Å². The molecule has 1 aliphatic rings. The second-order valence-electron chi connectivity index (χ2n) is 10.7. The number of pyridine rings is 1. The van der Waals surface area contributed by atoms with Gasteiger partial charge in [0.1, 0.15) is 0 Å². The van der Waals surface area contributed by atoms with E-state index in [-0.39, 0.29) is 41.8 Å². The van der Waals surface area contributed by atoms with Crippen LogP contribution in [0.15, 0.2) is 54.9 Å². The number of hydrogen-bond donors (Lipinski definition) is 1. The lowest BCUT2D eigenvalue weighted by Gasteiger charge is -2.33. The lowest BCUT2D eigenvalue weighted by molar-refractivity contribution is -0.143. The molecule has 0 fully saturated rings. The summed E-state index contributed by atoms with van der Waals surface area (Å²) in [5.74, 6) is -0.871. The number of alkyl halides is 9. The Morgan fingerprint density at radius 2 is 1.56 bits per heavy atom. The van der Waals surface area contributed by atoms with Gasteiger partial charge < -0.3 is 10.2 Å². The second kappa shape index (κ2) is 11.9. The molecule has 2 unspecified atom stereocenters. The van der Waals surface area contributed by atoms with Crippen molar-refractivity contribution in [2.45, 2.75) is 56.8 Å². The number of fused-ring (bicyclic) bond motifs is 1. The Morgan fingerprint density at radius 3 is 2.11 bits per heavy atom. The monoisotopic (exact) mass is 643 g/mol. The predicted molar refractivity (Wildman–Crippen MR) is 145 cm³/mol. The van der Waals surface area contributed by atoms with E-state index in [0.29, 0.717) is 29.7 Å². The van der Waals surface area contributed by atoms with Crippen LogP contribution in [0.2, 0.25) is 0 Å². The molecule has 0 aliphatic carbocycles. The van der Waals surface area contributed by atoms with Gasteiger partial charge in [-0.1, -0.05) is 18.1 Å². The standard InChI is InChI=1S/C29H26F9N7/c1-16(18-5-8-39-9-6-18)21-13-22-24(14-23(21)29(36,37)38)40-7-3-4-25(22)45(26-41-43-44(2)42-26)15-17-10-19(27(30,31)32)12-20(11-17)28(33,34)35/h5-6,8-14,16,25,40H,3-4,7,15H2,1-2H3. The minimum absolute atomic E-state index is 0.0325. The fourth-order valence-electron chi connectivity index (χ4n) is 5.51. The summed E-state index contributed by atoms with van der Waals surface area (Å²) in [6.07, 6.45) is -11.3. The van der Waals surface area contributed by atoms with Crippen LogP contribution >= 0.6 is 0 Å². The molecule has 45 heavy (non-hydrogen) atoms. The van der Waals surface area contributed by atoms with E-state index in [1.807, 2.05) is 0 Å². The molecule has 1 N–H and O–H groups in total. The van der Waals surface area contributed by atoms with Crippen molar-refractivity contribution in [3.05, 3.63) is 93.8 Å². The van der Waals surface area contributed by atoms with Gasteiger partial charge >= 0.3 is 18.5 Å². The summed E-state index contributed by atoms with van der Waals surface area (Å²) in [6, 6.07) is 5.97. The zero-order chi connectivity index (χ0) is 32.7. The number of halogens is 9. The maximum atomic E-state index is 14.4. The number of anilines is 2. The zero-order valence-corrected chi connectivity index (χ0v) is 23.8. The highest BCUT2D eigenvalue weighted by Gasteiger charge is 2.40. The van der Waals surface area contributed by atoms with E-state index < -0.39 is 53.7 Å². The van der Waals surface area contributed by atoms with Crippen LogP contribution in [0.3, 0.4) is 0 Å². The topological polar surface area (TPSA) is 71.8 Å². The lowest BCUT2D eigenvalue weighted by atomic mass is 9.86. The smallest absolute Gasteiger partial charge is 0.385 e. The molecular weight excluding hydrogens is 617 g/mol. The Hall–Kier alpha value is -4.37. The van der Waals surface area contributed by atoms with Gasteiger partial charge in [0.15, 0.2) is 0 Å². The number of rotatable bonds is 6. The number of nitrogens with one attached hydrogen (secondary N) is 1. The van der Waals surface area contributed by atoms with Crippen LogP contribution in [0.4, 0.5) is 51.1 Å². The highest BCUT2D eigenvalue weighted by atomic mass is 19.4. The van der Waals surface area contributed by atoms with Crippen molar-refractivity contribution in [2.24, 2.45) is 7.05 Å². The van der Waals surface area contributed by atoms with Crippen LogP contribution in [-0.2, 0) is 32.1 Å². The van der Waals surface area contributed by atoms with Crippen LogP contribution in [0, 0.1) is 0 Å². The Labute approximate surface area is 251 Å². The molecule has 240 valence electrons. The normalized spacial score (nSPS) is 16.5. The van der Waals surface area contributed by atoms with Gasteiger partial charge in [-0.15, -0.1) is 5.10 Å². The molecule has 0 spiro atoms. The molecule has 0 radical (unpaired) electrons. The van der Waals surface area contributed by atoms with E-state index in [2.05, 4.69) is 25.7 Å². The van der Waals surface area contributed by atoms with Crippen molar-refractivity contribution >= 4 is 11.6 Å². The summed E-state index contributed by atoms with van der Waals surface area (Å²) in [7, 11) is 1.42. The van der Waals surface area contributed by atoms with Crippen LogP contribution in [-0.4, -0.2) is 31.7 Å². The van der Waals surface area contributed by atoms with Gasteiger partial charge in [0.2, 0.25) is 0 Å². The molecule has 1 aliphatic heterocycles. The number of benzene rings is 2. The summed E-state index contributed by atoms with van der Waals surface area (Å²) in [6.45, 7) is 1.34. The quantitative estimate of drug-likeness (QED) is 0.217. The Kier molecular flexibility index (Phi) is 8.44. The van der Waals surface area contributed by atoms with Crippen LogP contribution < -0.4 is 10.2 Å². The van der Waals surface area contributed by atoms with Crippen molar-refractivity contribution in [1.29, 1.82) is 0 Å². The molecule has 2 atom stereocenters. The summed E-state index contributed by atoms with van der Waals surface area (Å²) in [5.41, 5.74) is -3.24. The molecule has 5 rings (SSSR count). The van der Waals surface area contributed by atoms with E-state index in [0.717, 1.165) is 10.9 Å². The van der Waals surface area contributed by atoms with Crippen molar-refractivity contribution in [2.75, 3.05) is 16.8 Å². The average molecular weight is 644 g/mol. The summed E-state index contributed by atoms with van der Waals surface area (Å²) in [4.78, 5) is 6.37. The van der Waals surface area contributed by atoms with E-state index in [1.165, 1.54) is 30.4 Å². The predicted octanol–water partition coefficient (Wildman–Crippen LogP) is 7.77. The van der Waals surface area contributed by atoms with Gasteiger partial charge in [0, 0.05) is 37.1 Å². The summed E-state index contributed by atoms with van der Waals surface area (Å²) < 4.78 is 125. The number of tetrazole rings is 1. The molecule has 3 heterocycles. The van der Waals surface area contributed by atoms with Crippen LogP contribution in [0.1, 0.15) is 70.7 Å². The number of hydrogen-bond acceptors (Lipinski definition) is 6. The lowest BCUT2D eigenvalue weighted by Crippen LogP contribution is -2.30. The van der Waals surface area contributed by atoms with Gasteiger partial charge in [-0.25, -0.2) is 0 Å². The first kappa shape index (κ1) is 32.0. The van der Waals surface area contributed by atoms with Crippen LogP contribution in [0.5, 0.6) is 0 Å². The Morgan fingerprint density at radius 1 is 0.911 bits per heavy atom. The largest absolute Gasteiger partial charge is 0.416 e. The summed E-state index contributed by atoms with van der Waals surface area (Å²) in [5, 5.41) is 14.9. The molecule has 2 aromatic carbocycles. The molecule has 16 heteroatoms. The van der Waals surface area contributed by atoms with Crippen molar-refractivity contribution < 1.29 is 39.5 Å². The van der Waals surface area contributed by atoms with E-state index in [1.54, 1.807) is 19.1 Å². The number of aromatic nitrogens is 5. The van der Waals surface area contributed by atoms with Crippen LogP contribution in [0.25, 0.3) is 0 Å². The Bertz CT molecular complexity index is 1610. The van der Waals surface area contributed by atoms with E-state index >= 15 is 0 Å². The highest BCUT2D eigenvalue weighted by molar-refractivity contribution is 5.61. The minimum Gasteiger partial charge on any atom is -0.385 e. The first-order chi connectivity index (χ1) is 21.0. The molecule has 0 bridgehead atoms. The van der Waals surface area contributed by atoms with Gasteiger partial charge in [-0.05, 0) is 76.7 Å². The summed E-state index contributed by atoms with van der Waals surface area (Å²) >= 11 is 0. The highest BCUT2D eigenvalue weighted by Crippen LogP contribution is 2.45. The second-order valence-corrected chi connectivity index (χ2v) is 10.7. The van der Waals surface area contributed by atoms with Crippen molar-refractivity contribution in [3.8, 4) is 0 Å². The first-order valence-corrected chi connectivity index (χ1v) is 13.7. The van der Waals surface area contributed by atoms with Crippen molar-refractivity contribution in [3.63, 3.8) is 0 Å². The first-order valence-electron chi connectivity index (χ1n) is 13.7. The van der Waals surface area contributed by atoms with Gasteiger partial charge in [-0.3, -0.25) is 4.98 Å². The van der Waals surface area contributed by atoms with Gasteiger partial charge in [-0.2, -0.15) is 44.3 Å². The third-order valence-electron chi connectivity index (χ3n) is 7.66. The van der Waals surface area contributed by atoms with Gasteiger partial charge in [0.25, 0.3) is 5.95 Å². The molecule has 7 nitrogen and oxygen atoms in total. The third-order valence-corrected chi connectivity index (χ3v) is 7.66. The fourth-order valence-corrected chi connectivity index (χ4v) is 5.51. The van der Waals surface area contributed by atoms with Gasteiger partial charge in [0.05, 0.1) is 29.8 Å². The SMILES string of the molecule is CC(c1ccncc1)c1cc2c(cc1C(F)(F)F)NCCCC2N(Cc1cc(C(F)(F)F)cc(C(F)(F)F)c1)c1nnn(C)n1. The fraction of sp³-hybridized carbons (Fsp3) is 0.379. The molecule has 0 amide bonds. The van der Waals surface area contributed by atoms with Crippen molar-refractivity contribution in [1.82, 2.24) is 25.2 Å². The Balaban J connectivity index is 1.68. The minimum atomic E-state index is -5.07. The number of aryl methyl sites for hydroxylation is 1. The van der Waals surface area contributed by atoms with E-state index in [9.17, 15) is 39.5 Å². The molecule has 0 saturated heterocycles. The molecular formula is C29H26F9N7. The molecule has 0 saturated carbocycles. The maximum absolute atomic E-state index is 14.4. The number of nitrogens with zero attached hydrogens (tertiary/aromatic N) is 6. The third kappa shape index (κ3) is 6.99. The molecule has 4 aromatic rings. The average Bonchev–Trinajstić information content (AvgIpc) is 3.29. The maximum Gasteiger partial charge on any atom is 0.416 e.